The molecule has 1 aliphatic carbocycles. The average Bonchev–Trinajstić information content (AvgIpc) is 3.01. The second kappa shape index (κ2) is 14.8. The van der Waals surface area contributed by atoms with Crippen molar-refractivity contribution in [1.82, 2.24) is 10.2 Å². The normalized spacial score (nSPS) is 21.6. The SMILES string of the molecule is COc1ccccc1N1CCNCC1.OC(COc1cccc2c1SCCC2)CN1CCCC2(CCCCC2)C1. The van der Waals surface area contributed by atoms with Gasteiger partial charge in [0.05, 0.1) is 17.7 Å². The molecule has 2 aromatic rings. The topological polar surface area (TPSA) is 57.2 Å². The zero-order chi connectivity index (χ0) is 27.6. The lowest BCUT2D eigenvalue weighted by Gasteiger charge is -2.45. The van der Waals surface area contributed by atoms with Crippen LogP contribution in [0.3, 0.4) is 0 Å². The number of piperazine rings is 1. The maximum absolute atomic E-state index is 10.6. The van der Waals surface area contributed by atoms with E-state index in [1.165, 1.54) is 79.8 Å². The third-order valence-corrected chi connectivity index (χ3v) is 10.2. The molecule has 40 heavy (non-hydrogen) atoms. The van der Waals surface area contributed by atoms with E-state index in [0.29, 0.717) is 12.0 Å². The molecule has 0 radical (unpaired) electrons. The van der Waals surface area contributed by atoms with E-state index < -0.39 is 6.10 Å². The number of piperidine rings is 1. The number of para-hydroxylation sites is 2. The molecule has 3 fully saturated rings. The van der Waals surface area contributed by atoms with E-state index in [1.54, 1.807) is 7.11 Å². The molecule has 2 aromatic carbocycles. The molecule has 6 rings (SSSR count). The van der Waals surface area contributed by atoms with Crippen molar-refractivity contribution in [3.05, 3.63) is 48.0 Å². The van der Waals surface area contributed by atoms with E-state index in [0.717, 1.165) is 57.2 Å². The van der Waals surface area contributed by atoms with Crippen LogP contribution < -0.4 is 19.7 Å². The second-order valence-electron chi connectivity index (χ2n) is 12.0. The Morgan fingerprint density at radius 2 is 1.70 bits per heavy atom. The lowest BCUT2D eigenvalue weighted by atomic mass is 9.69. The van der Waals surface area contributed by atoms with Crippen molar-refractivity contribution in [1.29, 1.82) is 0 Å². The van der Waals surface area contributed by atoms with Crippen LogP contribution in [0, 0.1) is 5.41 Å². The molecule has 0 aromatic heterocycles. The molecule has 7 heteroatoms. The molecule has 3 aliphatic heterocycles. The van der Waals surface area contributed by atoms with E-state index in [-0.39, 0.29) is 0 Å². The summed E-state index contributed by atoms with van der Waals surface area (Å²) in [4.78, 5) is 6.15. The van der Waals surface area contributed by atoms with Crippen molar-refractivity contribution in [2.45, 2.75) is 68.8 Å². The number of anilines is 1. The van der Waals surface area contributed by atoms with Crippen LogP contribution >= 0.6 is 11.8 Å². The van der Waals surface area contributed by atoms with Crippen LogP contribution in [0.5, 0.6) is 11.5 Å². The summed E-state index contributed by atoms with van der Waals surface area (Å²) in [6.45, 7) is 7.69. The number of hydrogen-bond donors (Lipinski definition) is 2. The van der Waals surface area contributed by atoms with Gasteiger partial charge >= 0.3 is 0 Å². The third kappa shape index (κ3) is 7.87. The quantitative estimate of drug-likeness (QED) is 0.451. The first kappa shape index (κ1) is 29.6. The molecule has 0 amide bonds. The lowest BCUT2D eigenvalue weighted by Crippen LogP contribution is -2.47. The van der Waals surface area contributed by atoms with Gasteiger partial charge in [0.15, 0.2) is 0 Å². The predicted octanol–water partition coefficient (Wildman–Crippen LogP) is 5.62. The first-order chi connectivity index (χ1) is 19.7. The fourth-order valence-corrected chi connectivity index (χ4v) is 8.10. The highest BCUT2D eigenvalue weighted by atomic mass is 32.2. The van der Waals surface area contributed by atoms with E-state index in [2.05, 4.69) is 45.4 Å². The Morgan fingerprint density at radius 3 is 2.52 bits per heavy atom. The molecular weight excluding hydrogens is 518 g/mol. The van der Waals surface area contributed by atoms with Gasteiger partial charge in [0, 0.05) is 39.3 Å². The molecule has 4 aliphatic rings. The summed E-state index contributed by atoms with van der Waals surface area (Å²) in [5, 5.41) is 13.9. The van der Waals surface area contributed by atoms with Gasteiger partial charge in [-0.2, -0.15) is 0 Å². The number of fused-ring (bicyclic) bond motifs is 1. The van der Waals surface area contributed by atoms with Gasteiger partial charge in [-0.1, -0.05) is 43.5 Å². The van der Waals surface area contributed by atoms with Crippen molar-refractivity contribution in [3.8, 4) is 11.5 Å². The van der Waals surface area contributed by atoms with Crippen LogP contribution in [0.2, 0.25) is 0 Å². The lowest BCUT2D eigenvalue weighted by molar-refractivity contribution is 0.0112. The number of nitrogens with one attached hydrogen (secondary N) is 1. The summed E-state index contributed by atoms with van der Waals surface area (Å²) in [7, 11) is 1.72. The van der Waals surface area contributed by atoms with Gasteiger partial charge in [-0.05, 0) is 80.0 Å². The first-order valence-electron chi connectivity index (χ1n) is 15.5. The number of β-amino-alcohol motifs (C(OH)–C–C–N with tert-alkyl or cyclic N) is 1. The summed E-state index contributed by atoms with van der Waals surface area (Å²) in [6, 6.07) is 14.5. The molecule has 1 spiro atoms. The molecule has 1 atom stereocenters. The zero-order valence-electron chi connectivity index (χ0n) is 24.4. The monoisotopic (exact) mass is 567 g/mol. The molecule has 1 saturated carbocycles. The van der Waals surface area contributed by atoms with Crippen LogP contribution in [-0.4, -0.2) is 81.4 Å². The smallest absolute Gasteiger partial charge is 0.142 e. The Balaban J connectivity index is 0.000000194. The van der Waals surface area contributed by atoms with Crippen molar-refractivity contribution in [2.24, 2.45) is 5.41 Å². The van der Waals surface area contributed by atoms with E-state index in [1.807, 2.05) is 23.9 Å². The number of aliphatic hydroxyl groups is 1. The van der Waals surface area contributed by atoms with Gasteiger partial charge in [0.2, 0.25) is 0 Å². The van der Waals surface area contributed by atoms with Crippen molar-refractivity contribution in [3.63, 3.8) is 0 Å². The number of ether oxygens (including phenoxy) is 2. The molecule has 1 unspecified atom stereocenters. The number of aryl methyl sites for hydroxylation is 1. The first-order valence-corrected chi connectivity index (χ1v) is 16.5. The van der Waals surface area contributed by atoms with Gasteiger partial charge in [0.25, 0.3) is 0 Å². The Bertz CT molecular complexity index is 1050. The van der Waals surface area contributed by atoms with Gasteiger partial charge in [-0.3, -0.25) is 0 Å². The fraction of sp³-hybridized carbons (Fsp3) is 0.636. The van der Waals surface area contributed by atoms with Crippen LogP contribution in [0.4, 0.5) is 5.69 Å². The molecule has 0 bridgehead atoms. The number of benzene rings is 2. The van der Waals surface area contributed by atoms with Crippen LogP contribution in [-0.2, 0) is 6.42 Å². The highest BCUT2D eigenvalue weighted by molar-refractivity contribution is 7.99. The molecule has 6 nitrogen and oxygen atoms in total. The average molecular weight is 568 g/mol. The van der Waals surface area contributed by atoms with Crippen molar-refractivity contribution < 1.29 is 14.6 Å². The summed E-state index contributed by atoms with van der Waals surface area (Å²) in [5.41, 5.74) is 3.16. The highest BCUT2D eigenvalue weighted by Gasteiger charge is 2.36. The number of rotatable bonds is 7. The van der Waals surface area contributed by atoms with Gasteiger partial charge in [-0.25, -0.2) is 0 Å². The van der Waals surface area contributed by atoms with E-state index in [4.69, 9.17) is 9.47 Å². The standard InChI is InChI=1S/C22H33NO2S.C11H16N2O/c24-19(15-23-13-6-12-22(17-23)10-2-1-3-11-22)16-25-20-9-4-7-18-8-5-14-26-21(18)20;1-14-11-5-3-2-4-10(11)13-8-6-12-7-9-13/h4,7,9,19,24H,1-3,5-6,8,10-17H2;2-5,12H,6-9H2,1H3. The second-order valence-corrected chi connectivity index (χ2v) is 13.1. The highest BCUT2D eigenvalue weighted by Crippen LogP contribution is 2.43. The number of aliphatic hydroxyl groups excluding tert-OH is 1. The van der Waals surface area contributed by atoms with Gasteiger partial charge in [0.1, 0.15) is 24.2 Å². The minimum absolute atomic E-state index is 0.403. The Morgan fingerprint density at radius 1 is 0.925 bits per heavy atom. The maximum Gasteiger partial charge on any atom is 0.142 e. The number of nitrogens with zero attached hydrogens (tertiary/aromatic N) is 2. The van der Waals surface area contributed by atoms with Gasteiger partial charge in [-0.15, -0.1) is 11.8 Å². The Hall–Kier alpha value is -1.93. The van der Waals surface area contributed by atoms with Gasteiger partial charge < -0.3 is 29.7 Å². The summed E-state index contributed by atoms with van der Waals surface area (Å²) >= 11 is 1.90. The molecule has 3 heterocycles. The largest absolute Gasteiger partial charge is 0.495 e. The Labute approximate surface area is 245 Å². The van der Waals surface area contributed by atoms with Crippen LogP contribution in [0.25, 0.3) is 0 Å². The molecular formula is C33H49N3O3S. The summed E-state index contributed by atoms with van der Waals surface area (Å²) in [5.74, 6) is 3.11. The number of thioether (sulfide) groups is 1. The van der Waals surface area contributed by atoms with Crippen molar-refractivity contribution >= 4 is 17.4 Å². The summed E-state index contributed by atoms with van der Waals surface area (Å²) < 4.78 is 11.4. The number of hydrogen-bond acceptors (Lipinski definition) is 7. The number of methoxy groups -OCH3 is 1. The predicted molar refractivity (Wildman–Crippen MR) is 166 cm³/mol. The summed E-state index contributed by atoms with van der Waals surface area (Å²) in [6.07, 6.45) is 11.7. The minimum Gasteiger partial charge on any atom is -0.495 e. The number of likely N-dealkylation sites (tertiary alicyclic amines) is 1. The molecule has 220 valence electrons. The third-order valence-electron chi connectivity index (χ3n) is 9.00. The van der Waals surface area contributed by atoms with Crippen LogP contribution in [0.1, 0.15) is 56.9 Å². The molecule has 2 saturated heterocycles. The minimum atomic E-state index is -0.404. The fourth-order valence-electron chi connectivity index (χ4n) is 6.98. The van der Waals surface area contributed by atoms with E-state index >= 15 is 0 Å². The van der Waals surface area contributed by atoms with Crippen molar-refractivity contribution in [2.75, 3.05) is 70.2 Å². The Kier molecular flexibility index (Phi) is 10.9. The maximum atomic E-state index is 10.6. The van der Waals surface area contributed by atoms with E-state index in [9.17, 15) is 5.11 Å². The molecule has 2 N–H and O–H groups in total. The zero-order valence-corrected chi connectivity index (χ0v) is 25.2. The van der Waals surface area contributed by atoms with Crippen LogP contribution in [0.15, 0.2) is 47.4 Å².